The standard InChI is InChI=1S/C19H23N5O2S/c1-19(2,3)15-13-8-12(9-21-17(13)26-24-15)16(25)23-18-22-10-14(27-18)11-4-6-20-7-5-11/h8-11,20H,4-7H2,1-3H3,(H,22,23,25). The van der Waals surface area contributed by atoms with Crippen molar-refractivity contribution in [1.29, 1.82) is 0 Å². The van der Waals surface area contributed by atoms with Crippen molar-refractivity contribution in [1.82, 2.24) is 20.4 Å². The topological polar surface area (TPSA) is 92.9 Å². The summed E-state index contributed by atoms with van der Waals surface area (Å²) >= 11 is 1.55. The smallest absolute Gasteiger partial charge is 0.259 e. The number of fused-ring (bicyclic) bond motifs is 1. The van der Waals surface area contributed by atoms with Crippen molar-refractivity contribution in [2.45, 2.75) is 44.9 Å². The monoisotopic (exact) mass is 385 g/mol. The molecule has 1 saturated heterocycles. The number of anilines is 1. The van der Waals surface area contributed by atoms with E-state index >= 15 is 0 Å². The number of carbonyl (C=O) groups is 1. The molecule has 8 heteroatoms. The number of nitrogens with one attached hydrogen (secondary N) is 2. The van der Waals surface area contributed by atoms with E-state index in [4.69, 9.17) is 4.52 Å². The van der Waals surface area contributed by atoms with Crippen molar-refractivity contribution in [2.75, 3.05) is 18.4 Å². The van der Waals surface area contributed by atoms with Gasteiger partial charge in [-0.2, -0.15) is 0 Å². The number of hydrogen-bond acceptors (Lipinski definition) is 7. The summed E-state index contributed by atoms with van der Waals surface area (Å²) in [5, 5.41) is 11.8. The number of amides is 1. The van der Waals surface area contributed by atoms with Gasteiger partial charge in [-0.15, -0.1) is 11.3 Å². The predicted molar refractivity (Wildman–Crippen MR) is 105 cm³/mol. The third kappa shape index (κ3) is 3.72. The van der Waals surface area contributed by atoms with Gasteiger partial charge in [0.1, 0.15) is 0 Å². The maximum absolute atomic E-state index is 12.7. The van der Waals surface area contributed by atoms with Gasteiger partial charge < -0.3 is 9.84 Å². The van der Waals surface area contributed by atoms with Gasteiger partial charge in [-0.3, -0.25) is 10.1 Å². The van der Waals surface area contributed by atoms with Crippen LogP contribution in [0.5, 0.6) is 0 Å². The number of aromatic nitrogens is 3. The Morgan fingerprint density at radius 1 is 1.26 bits per heavy atom. The Kier molecular flexibility index (Phi) is 4.69. The van der Waals surface area contributed by atoms with Crippen LogP contribution in [0.25, 0.3) is 11.1 Å². The summed E-state index contributed by atoms with van der Waals surface area (Å²) in [6.45, 7) is 8.22. The molecule has 1 aliphatic heterocycles. The zero-order chi connectivity index (χ0) is 19.0. The number of carbonyl (C=O) groups excluding carboxylic acids is 1. The van der Waals surface area contributed by atoms with E-state index in [1.54, 1.807) is 17.4 Å². The van der Waals surface area contributed by atoms with Gasteiger partial charge in [0.2, 0.25) is 0 Å². The summed E-state index contributed by atoms with van der Waals surface area (Å²) in [6.07, 6.45) is 5.62. The van der Waals surface area contributed by atoms with Crippen molar-refractivity contribution in [2.24, 2.45) is 0 Å². The van der Waals surface area contributed by atoms with Gasteiger partial charge in [-0.1, -0.05) is 25.9 Å². The number of hydrogen-bond donors (Lipinski definition) is 2. The van der Waals surface area contributed by atoms with Gasteiger partial charge in [0.25, 0.3) is 11.6 Å². The van der Waals surface area contributed by atoms with E-state index in [1.807, 2.05) is 6.20 Å². The average molecular weight is 385 g/mol. The lowest BCUT2D eigenvalue weighted by atomic mass is 9.90. The molecule has 0 spiro atoms. The molecule has 3 aromatic rings. The van der Waals surface area contributed by atoms with E-state index in [1.165, 1.54) is 11.1 Å². The van der Waals surface area contributed by atoms with Crippen molar-refractivity contribution >= 4 is 33.5 Å². The SMILES string of the molecule is CC(C)(C)c1noc2ncc(C(=O)Nc3ncc(C4CCNCC4)s3)cc12. The van der Waals surface area contributed by atoms with Crippen LogP contribution in [0.4, 0.5) is 5.13 Å². The number of pyridine rings is 1. The minimum Gasteiger partial charge on any atom is -0.336 e. The number of rotatable bonds is 3. The van der Waals surface area contributed by atoms with E-state index in [0.717, 1.165) is 37.0 Å². The quantitative estimate of drug-likeness (QED) is 0.714. The van der Waals surface area contributed by atoms with Gasteiger partial charge >= 0.3 is 0 Å². The third-order valence-corrected chi connectivity index (χ3v) is 5.86. The number of nitrogens with zero attached hydrogens (tertiary/aromatic N) is 3. The van der Waals surface area contributed by atoms with Crippen LogP contribution in [0.3, 0.4) is 0 Å². The molecule has 2 N–H and O–H groups in total. The zero-order valence-corrected chi connectivity index (χ0v) is 16.5. The second-order valence-electron chi connectivity index (χ2n) is 7.90. The zero-order valence-electron chi connectivity index (χ0n) is 15.7. The Hall–Kier alpha value is -2.32. The summed E-state index contributed by atoms with van der Waals surface area (Å²) < 4.78 is 5.29. The fourth-order valence-corrected chi connectivity index (χ4v) is 4.29. The summed E-state index contributed by atoms with van der Waals surface area (Å²) in [5.74, 6) is 0.301. The van der Waals surface area contributed by atoms with Crippen molar-refractivity contribution in [3.63, 3.8) is 0 Å². The summed E-state index contributed by atoms with van der Waals surface area (Å²) in [5.41, 5.74) is 1.51. The highest BCUT2D eigenvalue weighted by Gasteiger charge is 2.24. The first-order valence-electron chi connectivity index (χ1n) is 9.15. The Labute approximate surface area is 161 Å². The van der Waals surface area contributed by atoms with E-state index in [-0.39, 0.29) is 11.3 Å². The van der Waals surface area contributed by atoms with Gasteiger partial charge in [0, 0.05) is 22.7 Å². The van der Waals surface area contributed by atoms with Crippen LogP contribution in [0.15, 0.2) is 23.0 Å². The van der Waals surface area contributed by atoms with Crippen molar-refractivity contribution in [3.05, 3.63) is 34.6 Å². The normalized spacial score (nSPS) is 16.0. The molecule has 0 atom stereocenters. The Bertz CT molecular complexity index is 966. The summed E-state index contributed by atoms with van der Waals surface area (Å²) in [4.78, 5) is 22.5. The lowest BCUT2D eigenvalue weighted by Gasteiger charge is -2.20. The maximum Gasteiger partial charge on any atom is 0.259 e. The summed E-state index contributed by atoms with van der Waals surface area (Å²) in [6, 6.07) is 1.79. The largest absolute Gasteiger partial charge is 0.336 e. The molecular weight excluding hydrogens is 362 g/mol. The van der Waals surface area contributed by atoms with Gasteiger partial charge in [0.15, 0.2) is 5.13 Å². The van der Waals surface area contributed by atoms with Crippen LogP contribution in [-0.2, 0) is 5.41 Å². The van der Waals surface area contributed by atoms with E-state index in [0.29, 0.717) is 22.3 Å². The highest BCUT2D eigenvalue weighted by atomic mass is 32.1. The van der Waals surface area contributed by atoms with Crippen LogP contribution in [0, 0.1) is 0 Å². The lowest BCUT2D eigenvalue weighted by Crippen LogP contribution is -2.26. The fraction of sp³-hybridized carbons (Fsp3) is 0.474. The predicted octanol–water partition coefficient (Wildman–Crippen LogP) is 3.70. The molecule has 3 aromatic heterocycles. The van der Waals surface area contributed by atoms with Crippen LogP contribution in [0.1, 0.15) is 60.5 Å². The molecule has 7 nitrogen and oxygen atoms in total. The Morgan fingerprint density at radius 3 is 2.78 bits per heavy atom. The molecule has 4 heterocycles. The van der Waals surface area contributed by atoms with Gasteiger partial charge in [-0.25, -0.2) is 9.97 Å². The number of thiazole rings is 1. The first-order valence-corrected chi connectivity index (χ1v) is 9.97. The first-order chi connectivity index (χ1) is 12.9. The molecule has 27 heavy (non-hydrogen) atoms. The second kappa shape index (κ2) is 7.01. The van der Waals surface area contributed by atoms with Crippen molar-refractivity contribution in [3.8, 4) is 0 Å². The molecule has 0 bridgehead atoms. The van der Waals surface area contributed by atoms with E-state index in [2.05, 4.69) is 46.5 Å². The molecule has 0 radical (unpaired) electrons. The van der Waals surface area contributed by atoms with E-state index < -0.39 is 0 Å². The molecule has 0 saturated carbocycles. The molecule has 0 unspecified atom stereocenters. The molecular formula is C19H23N5O2S. The molecule has 0 aliphatic carbocycles. The molecule has 1 aliphatic rings. The first kappa shape index (κ1) is 18.1. The third-order valence-electron chi connectivity index (χ3n) is 4.79. The van der Waals surface area contributed by atoms with Crippen LogP contribution < -0.4 is 10.6 Å². The molecule has 0 aromatic carbocycles. The Morgan fingerprint density at radius 2 is 2.04 bits per heavy atom. The fourth-order valence-electron chi connectivity index (χ4n) is 3.31. The van der Waals surface area contributed by atoms with Gasteiger partial charge in [0.05, 0.1) is 16.6 Å². The van der Waals surface area contributed by atoms with E-state index in [9.17, 15) is 4.79 Å². The molecule has 142 valence electrons. The average Bonchev–Trinajstić information content (AvgIpc) is 3.28. The molecule has 1 fully saturated rings. The number of piperidine rings is 1. The molecule has 4 rings (SSSR count). The minimum absolute atomic E-state index is 0.193. The lowest BCUT2D eigenvalue weighted by molar-refractivity contribution is 0.102. The Balaban J connectivity index is 1.54. The van der Waals surface area contributed by atoms with Crippen LogP contribution in [-0.4, -0.2) is 34.1 Å². The maximum atomic E-state index is 12.7. The summed E-state index contributed by atoms with van der Waals surface area (Å²) in [7, 11) is 0. The van der Waals surface area contributed by atoms with Crippen molar-refractivity contribution < 1.29 is 9.32 Å². The highest BCUT2D eigenvalue weighted by molar-refractivity contribution is 7.15. The highest BCUT2D eigenvalue weighted by Crippen LogP contribution is 2.32. The van der Waals surface area contributed by atoms with Crippen LogP contribution >= 0.6 is 11.3 Å². The van der Waals surface area contributed by atoms with Crippen LogP contribution in [0.2, 0.25) is 0 Å². The second-order valence-corrected chi connectivity index (χ2v) is 8.97. The van der Waals surface area contributed by atoms with Gasteiger partial charge in [-0.05, 0) is 37.9 Å². The minimum atomic E-state index is -0.225. The molecule has 1 amide bonds.